The molecule has 1 aromatic heterocycles. The molecular weight excluding hydrogens is 289 g/mol. The number of carbonyl (C=O) groups excluding carboxylic acids is 1. The van der Waals surface area contributed by atoms with Gasteiger partial charge in [-0.2, -0.15) is 13.2 Å². The molecule has 112 valence electrons. The summed E-state index contributed by atoms with van der Waals surface area (Å²) in [4.78, 5) is 14.2. The van der Waals surface area contributed by atoms with E-state index in [2.05, 4.69) is 9.72 Å². The first-order chi connectivity index (χ1) is 9.16. The van der Waals surface area contributed by atoms with E-state index in [1.165, 1.54) is 6.92 Å². The van der Waals surface area contributed by atoms with Crippen LogP contribution in [0.4, 0.5) is 22.0 Å². The summed E-state index contributed by atoms with van der Waals surface area (Å²) in [6.45, 7) is 1.37. The van der Waals surface area contributed by atoms with E-state index in [9.17, 15) is 26.7 Å². The van der Waals surface area contributed by atoms with Gasteiger partial charge in [0.2, 0.25) is 0 Å². The van der Waals surface area contributed by atoms with Crippen LogP contribution < -0.4 is 0 Å². The highest BCUT2D eigenvalue weighted by Crippen LogP contribution is 2.37. The van der Waals surface area contributed by atoms with Crippen LogP contribution in [0.3, 0.4) is 0 Å². The van der Waals surface area contributed by atoms with Crippen LogP contribution in [0.15, 0.2) is 6.07 Å². The number of nitrogens with zero attached hydrogens (tertiary/aromatic N) is 1. The molecular formula is C11H10F5NO3. The van der Waals surface area contributed by atoms with Gasteiger partial charge in [0.05, 0.1) is 24.3 Å². The van der Waals surface area contributed by atoms with E-state index < -0.39 is 47.7 Å². The first-order valence-corrected chi connectivity index (χ1v) is 5.40. The maximum atomic E-state index is 12.7. The van der Waals surface area contributed by atoms with Gasteiger partial charge in [0.25, 0.3) is 6.43 Å². The molecule has 0 aromatic carbocycles. The van der Waals surface area contributed by atoms with Crippen LogP contribution in [-0.4, -0.2) is 22.7 Å². The molecule has 0 spiro atoms. The van der Waals surface area contributed by atoms with Crippen LogP contribution >= 0.6 is 0 Å². The summed E-state index contributed by atoms with van der Waals surface area (Å²) in [5.74, 6) is -2.31. The molecule has 1 rings (SSSR count). The molecule has 0 aliphatic rings. The molecule has 0 amide bonds. The Morgan fingerprint density at radius 1 is 1.45 bits per heavy atom. The lowest BCUT2D eigenvalue weighted by Gasteiger charge is -2.14. The lowest BCUT2D eigenvalue weighted by Crippen LogP contribution is -2.17. The summed E-state index contributed by atoms with van der Waals surface area (Å²) >= 11 is 0. The minimum atomic E-state index is -4.94. The predicted molar refractivity (Wildman–Crippen MR) is 56.2 cm³/mol. The monoisotopic (exact) mass is 299 g/mol. The van der Waals surface area contributed by atoms with Crippen molar-refractivity contribution in [1.29, 1.82) is 0 Å². The second kappa shape index (κ2) is 6.02. The predicted octanol–water partition coefficient (Wildman–Crippen LogP) is 2.85. The summed E-state index contributed by atoms with van der Waals surface area (Å²) in [5, 5.41) is 9.13. The molecule has 9 heteroatoms. The number of esters is 1. The Hall–Kier alpha value is -1.93. The summed E-state index contributed by atoms with van der Waals surface area (Å²) in [7, 11) is 0. The van der Waals surface area contributed by atoms with E-state index in [0.717, 1.165) is 0 Å². The van der Waals surface area contributed by atoms with Crippen LogP contribution in [-0.2, 0) is 22.1 Å². The number of alkyl halides is 5. The maximum Gasteiger partial charge on any atom is 0.418 e. The minimum Gasteiger partial charge on any atom is -0.506 e. The van der Waals surface area contributed by atoms with E-state index in [1.54, 1.807) is 0 Å². The normalized spacial score (nSPS) is 11.8. The lowest BCUT2D eigenvalue weighted by atomic mass is 10.1. The van der Waals surface area contributed by atoms with Crippen LogP contribution in [0.5, 0.6) is 5.75 Å². The van der Waals surface area contributed by atoms with Crippen molar-refractivity contribution in [2.45, 2.75) is 25.9 Å². The molecule has 1 N–H and O–H groups in total. The third kappa shape index (κ3) is 3.78. The van der Waals surface area contributed by atoms with E-state index in [4.69, 9.17) is 5.11 Å². The number of aromatic hydroxyl groups is 1. The number of ether oxygens (including phenoxy) is 1. The van der Waals surface area contributed by atoms with Gasteiger partial charge in [-0.25, -0.2) is 13.8 Å². The van der Waals surface area contributed by atoms with Crippen molar-refractivity contribution in [2.75, 3.05) is 6.61 Å². The molecule has 0 aliphatic carbocycles. The lowest BCUT2D eigenvalue weighted by molar-refractivity contribution is -0.143. The quantitative estimate of drug-likeness (QED) is 0.686. The van der Waals surface area contributed by atoms with Gasteiger partial charge in [0.1, 0.15) is 11.4 Å². The molecule has 0 atom stereocenters. The van der Waals surface area contributed by atoms with Gasteiger partial charge >= 0.3 is 12.1 Å². The van der Waals surface area contributed by atoms with E-state index in [-0.39, 0.29) is 12.7 Å². The average Bonchev–Trinajstić information content (AvgIpc) is 2.29. The fourth-order valence-electron chi connectivity index (χ4n) is 1.45. The van der Waals surface area contributed by atoms with E-state index in [0.29, 0.717) is 0 Å². The number of halogens is 5. The third-order valence-corrected chi connectivity index (χ3v) is 2.24. The van der Waals surface area contributed by atoms with E-state index >= 15 is 0 Å². The van der Waals surface area contributed by atoms with Crippen molar-refractivity contribution in [3.05, 3.63) is 23.0 Å². The molecule has 0 fully saturated rings. The minimum absolute atomic E-state index is 0.0695. The van der Waals surface area contributed by atoms with Gasteiger partial charge in [0, 0.05) is 0 Å². The van der Waals surface area contributed by atoms with Crippen molar-refractivity contribution in [3.63, 3.8) is 0 Å². The van der Waals surface area contributed by atoms with Gasteiger partial charge in [-0.3, -0.25) is 4.79 Å². The SMILES string of the molecule is CCOC(=O)Cc1nc(C(F)F)c(O)cc1C(F)(F)F. The van der Waals surface area contributed by atoms with E-state index in [1.807, 2.05) is 0 Å². The first kappa shape index (κ1) is 16.1. The third-order valence-electron chi connectivity index (χ3n) is 2.24. The average molecular weight is 299 g/mol. The number of pyridine rings is 1. The van der Waals surface area contributed by atoms with Crippen molar-refractivity contribution in [2.24, 2.45) is 0 Å². The zero-order valence-corrected chi connectivity index (χ0v) is 10.2. The number of hydrogen-bond donors (Lipinski definition) is 1. The Morgan fingerprint density at radius 2 is 2.05 bits per heavy atom. The summed E-state index contributed by atoms with van der Waals surface area (Å²) in [5.41, 5.74) is -3.58. The van der Waals surface area contributed by atoms with Gasteiger partial charge in [-0.05, 0) is 13.0 Å². The van der Waals surface area contributed by atoms with Crippen LogP contribution in [0.2, 0.25) is 0 Å². The fraction of sp³-hybridized carbons (Fsp3) is 0.455. The number of hydrogen-bond acceptors (Lipinski definition) is 4. The van der Waals surface area contributed by atoms with Crippen molar-refractivity contribution in [1.82, 2.24) is 4.98 Å². The molecule has 0 saturated carbocycles. The number of rotatable bonds is 4. The molecule has 0 radical (unpaired) electrons. The van der Waals surface area contributed by atoms with Crippen LogP contribution in [0.1, 0.15) is 30.3 Å². The molecule has 0 aliphatic heterocycles. The van der Waals surface area contributed by atoms with Gasteiger partial charge < -0.3 is 9.84 Å². The largest absolute Gasteiger partial charge is 0.506 e. The Morgan fingerprint density at radius 3 is 2.50 bits per heavy atom. The van der Waals surface area contributed by atoms with Crippen LogP contribution in [0.25, 0.3) is 0 Å². The highest BCUT2D eigenvalue weighted by molar-refractivity contribution is 5.72. The zero-order chi connectivity index (χ0) is 15.5. The standard InChI is InChI=1S/C11H10F5NO3/c1-2-20-8(19)4-6-5(11(14,15)16)3-7(18)9(17-6)10(12)13/h3,10,18H,2,4H2,1H3. The van der Waals surface area contributed by atoms with Crippen molar-refractivity contribution in [3.8, 4) is 5.75 Å². The Bertz CT molecular complexity index is 502. The summed E-state index contributed by atoms with van der Waals surface area (Å²) in [6.07, 6.45) is -9.12. The first-order valence-electron chi connectivity index (χ1n) is 5.40. The molecule has 20 heavy (non-hydrogen) atoms. The summed E-state index contributed by atoms with van der Waals surface area (Å²) in [6, 6.07) is 0.128. The highest BCUT2D eigenvalue weighted by atomic mass is 19.4. The molecule has 0 unspecified atom stereocenters. The number of carbonyl (C=O) groups is 1. The molecule has 1 aromatic rings. The molecule has 4 nitrogen and oxygen atoms in total. The van der Waals surface area contributed by atoms with Gasteiger partial charge in [-0.15, -0.1) is 0 Å². The maximum absolute atomic E-state index is 12.7. The zero-order valence-electron chi connectivity index (χ0n) is 10.2. The number of aromatic nitrogens is 1. The van der Waals surface area contributed by atoms with Gasteiger partial charge in [0.15, 0.2) is 0 Å². The summed E-state index contributed by atoms with van der Waals surface area (Å²) < 4.78 is 67.6. The topological polar surface area (TPSA) is 59.4 Å². The van der Waals surface area contributed by atoms with Gasteiger partial charge in [-0.1, -0.05) is 0 Å². The Labute approximate surface area is 110 Å². The fourth-order valence-corrected chi connectivity index (χ4v) is 1.45. The molecule has 0 bridgehead atoms. The van der Waals surface area contributed by atoms with Crippen molar-refractivity contribution >= 4 is 5.97 Å². The van der Waals surface area contributed by atoms with Crippen LogP contribution in [0, 0.1) is 0 Å². The second-order valence-corrected chi connectivity index (χ2v) is 3.67. The smallest absolute Gasteiger partial charge is 0.418 e. The Balaban J connectivity index is 3.29. The molecule has 1 heterocycles. The van der Waals surface area contributed by atoms with Crippen molar-refractivity contribution < 1.29 is 36.6 Å². The molecule has 0 saturated heterocycles. The Kier molecular flexibility index (Phi) is 4.85. The highest BCUT2D eigenvalue weighted by Gasteiger charge is 2.36. The second-order valence-electron chi connectivity index (χ2n) is 3.67.